The first-order valence-electron chi connectivity index (χ1n) is 6.88. The van der Waals surface area contributed by atoms with E-state index in [-0.39, 0.29) is 5.56 Å². The number of aryl methyl sites for hydroxylation is 1. The van der Waals surface area contributed by atoms with Crippen LogP contribution < -0.4 is 5.32 Å². The Kier molecular flexibility index (Phi) is 4.52. The van der Waals surface area contributed by atoms with Crippen molar-refractivity contribution in [2.75, 3.05) is 11.9 Å². The molecule has 21 heavy (non-hydrogen) atoms. The van der Waals surface area contributed by atoms with E-state index >= 15 is 0 Å². The monoisotopic (exact) mass is 285 g/mol. The van der Waals surface area contributed by atoms with Crippen molar-refractivity contribution in [1.82, 2.24) is 9.97 Å². The van der Waals surface area contributed by atoms with Crippen molar-refractivity contribution in [3.05, 3.63) is 41.6 Å². The molecule has 2 aromatic rings. The van der Waals surface area contributed by atoms with Crippen molar-refractivity contribution < 1.29 is 9.90 Å². The molecule has 2 rings (SSSR count). The number of carbonyl (C=O) groups is 1. The van der Waals surface area contributed by atoms with E-state index in [2.05, 4.69) is 29.1 Å². The topological polar surface area (TPSA) is 75.1 Å². The van der Waals surface area contributed by atoms with Gasteiger partial charge in [-0.05, 0) is 18.9 Å². The summed E-state index contributed by atoms with van der Waals surface area (Å²) in [4.78, 5) is 19.8. The van der Waals surface area contributed by atoms with Crippen LogP contribution in [0.4, 0.5) is 5.82 Å². The van der Waals surface area contributed by atoms with E-state index in [1.54, 1.807) is 0 Å². The molecule has 1 aromatic carbocycles. The summed E-state index contributed by atoms with van der Waals surface area (Å²) >= 11 is 0. The van der Waals surface area contributed by atoms with Crippen LogP contribution in [0, 0.1) is 12.8 Å². The highest BCUT2D eigenvalue weighted by Gasteiger charge is 2.14. The van der Waals surface area contributed by atoms with Gasteiger partial charge in [0, 0.05) is 18.3 Å². The second kappa shape index (κ2) is 6.35. The lowest BCUT2D eigenvalue weighted by Crippen LogP contribution is -2.14. The standard InChI is InChI=1S/C16H19N3O2/c1-10(2)8-17-15-13(16(20)21)9-18-14(19-15)12-6-4-5-11(3)7-12/h4-7,9-10H,8H2,1-3H3,(H,20,21)(H,17,18,19). The van der Waals surface area contributed by atoms with Crippen LogP contribution in [0.25, 0.3) is 11.4 Å². The molecular weight excluding hydrogens is 266 g/mol. The number of hydrogen-bond donors (Lipinski definition) is 2. The van der Waals surface area contributed by atoms with Gasteiger partial charge >= 0.3 is 5.97 Å². The summed E-state index contributed by atoms with van der Waals surface area (Å²) < 4.78 is 0. The summed E-state index contributed by atoms with van der Waals surface area (Å²) in [5, 5.41) is 12.3. The molecular formula is C16H19N3O2. The fraction of sp³-hybridized carbons (Fsp3) is 0.312. The molecule has 110 valence electrons. The van der Waals surface area contributed by atoms with Crippen LogP contribution in [-0.4, -0.2) is 27.6 Å². The molecule has 5 nitrogen and oxygen atoms in total. The molecule has 5 heteroatoms. The highest BCUT2D eigenvalue weighted by molar-refractivity contribution is 5.93. The van der Waals surface area contributed by atoms with E-state index < -0.39 is 5.97 Å². The van der Waals surface area contributed by atoms with Crippen molar-refractivity contribution in [2.45, 2.75) is 20.8 Å². The van der Waals surface area contributed by atoms with Gasteiger partial charge in [0.25, 0.3) is 0 Å². The molecule has 0 unspecified atom stereocenters. The van der Waals surface area contributed by atoms with Crippen LogP contribution in [0.1, 0.15) is 29.8 Å². The number of carboxylic acid groups (broad SMARTS) is 1. The summed E-state index contributed by atoms with van der Waals surface area (Å²) in [7, 11) is 0. The third-order valence-electron chi connectivity index (χ3n) is 2.97. The van der Waals surface area contributed by atoms with Gasteiger partial charge in [0.1, 0.15) is 11.4 Å². The number of benzene rings is 1. The van der Waals surface area contributed by atoms with E-state index in [1.807, 2.05) is 31.2 Å². The van der Waals surface area contributed by atoms with E-state index in [9.17, 15) is 9.90 Å². The number of aromatic nitrogens is 2. The van der Waals surface area contributed by atoms with Crippen LogP contribution in [0.15, 0.2) is 30.5 Å². The molecule has 0 saturated heterocycles. The minimum Gasteiger partial charge on any atom is -0.477 e. The van der Waals surface area contributed by atoms with Crippen LogP contribution in [0.2, 0.25) is 0 Å². The summed E-state index contributed by atoms with van der Waals surface area (Å²) in [6, 6.07) is 7.81. The Hall–Kier alpha value is -2.43. The predicted octanol–water partition coefficient (Wildman–Crippen LogP) is 3.22. The van der Waals surface area contributed by atoms with E-state index in [1.165, 1.54) is 6.20 Å². The normalized spacial score (nSPS) is 10.7. The van der Waals surface area contributed by atoms with Gasteiger partial charge in [0.05, 0.1) is 0 Å². The first-order chi connectivity index (χ1) is 9.97. The summed E-state index contributed by atoms with van der Waals surface area (Å²) in [6.45, 7) is 6.75. The number of rotatable bonds is 5. The average Bonchev–Trinajstić information content (AvgIpc) is 2.44. The lowest BCUT2D eigenvalue weighted by Gasteiger charge is -2.12. The number of carboxylic acids is 1. The lowest BCUT2D eigenvalue weighted by atomic mass is 10.1. The number of anilines is 1. The Labute approximate surface area is 124 Å². The number of nitrogens with one attached hydrogen (secondary N) is 1. The SMILES string of the molecule is Cc1cccc(-c2ncc(C(=O)O)c(NCC(C)C)n2)c1. The van der Waals surface area contributed by atoms with E-state index in [4.69, 9.17) is 0 Å². The van der Waals surface area contributed by atoms with Crippen molar-refractivity contribution in [3.8, 4) is 11.4 Å². The third kappa shape index (κ3) is 3.78. The van der Waals surface area contributed by atoms with Crippen LogP contribution in [0.3, 0.4) is 0 Å². The Balaban J connectivity index is 2.40. The molecule has 0 bridgehead atoms. The molecule has 1 aromatic heterocycles. The van der Waals surface area contributed by atoms with E-state index in [0.717, 1.165) is 11.1 Å². The Morgan fingerprint density at radius 1 is 1.38 bits per heavy atom. The summed E-state index contributed by atoms with van der Waals surface area (Å²) in [5.41, 5.74) is 2.07. The minimum absolute atomic E-state index is 0.0899. The zero-order chi connectivity index (χ0) is 15.4. The smallest absolute Gasteiger partial charge is 0.341 e. The molecule has 0 aliphatic heterocycles. The first-order valence-corrected chi connectivity index (χ1v) is 6.88. The van der Waals surface area contributed by atoms with E-state index in [0.29, 0.717) is 24.1 Å². The molecule has 0 radical (unpaired) electrons. The van der Waals surface area contributed by atoms with Crippen molar-refractivity contribution >= 4 is 11.8 Å². The maximum Gasteiger partial charge on any atom is 0.341 e. The zero-order valence-corrected chi connectivity index (χ0v) is 12.4. The van der Waals surface area contributed by atoms with Gasteiger partial charge in [-0.3, -0.25) is 0 Å². The summed E-state index contributed by atoms with van der Waals surface area (Å²) in [5.74, 6) is 0.249. The number of aromatic carboxylic acids is 1. The molecule has 0 fully saturated rings. The van der Waals surface area contributed by atoms with Gasteiger partial charge in [-0.25, -0.2) is 14.8 Å². The fourth-order valence-corrected chi connectivity index (χ4v) is 1.90. The second-order valence-electron chi connectivity index (χ2n) is 5.41. The van der Waals surface area contributed by atoms with Crippen LogP contribution >= 0.6 is 0 Å². The quantitative estimate of drug-likeness (QED) is 0.882. The molecule has 0 aliphatic carbocycles. The van der Waals surface area contributed by atoms with Gasteiger partial charge in [0.15, 0.2) is 5.82 Å². The molecule has 1 heterocycles. The molecule has 0 atom stereocenters. The lowest BCUT2D eigenvalue weighted by molar-refractivity contribution is 0.0697. The van der Waals surface area contributed by atoms with Gasteiger partial charge in [0.2, 0.25) is 0 Å². The van der Waals surface area contributed by atoms with Crippen molar-refractivity contribution in [3.63, 3.8) is 0 Å². The van der Waals surface area contributed by atoms with Crippen LogP contribution in [-0.2, 0) is 0 Å². The zero-order valence-electron chi connectivity index (χ0n) is 12.4. The maximum atomic E-state index is 11.2. The predicted molar refractivity (Wildman–Crippen MR) is 82.5 cm³/mol. The number of hydrogen-bond acceptors (Lipinski definition) is 4. The van der Waals surface area contributed by atoms with Crippen molar-refractivity contribution in [2.24, 2.45) is 5.92 Å². The van der Waals surface area contributed by atoms with Gasteiger partial charge in [-0.15, -0.1) is 0 Å². The molecule has 0 spiro atoms. The Morgan fingerprint density at radius 3 is 2.76 bits per heavy atom. The Morgan fingerprint density at radius 2 is 2.14 bits per heavy atom. The molecule has 2 N–H and O–H groups in total. The average molecular weight is 285 g/mol. The molecule has 0 saturated carbocycles. The second-order valence-corrected chi connectivity index (χ2v) is 5.41. The Bertz CT molecular complexity index is 654. The van der Waals surface area contributed by atoms with Gasteiger partial charge in [-0.2, -0.15) is 0 Å². The maximum absolute atomic E-state index is 11.2. The highest BCUT2D eigenvalue weighted by Crippen LogP contribution is 2.20. The minimum atomic E-state index is -1.03. The first kappa shape index (κ1) is 15.0. The van der Waals surface area contributed by atoms with Crippen molar-refractivity contribution in [1.29, 1.82) is 0 Å². The molecule has 0 amide bonds. The largest absolute Gasteiger partial charge is 0.477 e. The van der Waals surface area contributed by atoms with Crippen LogP contribution in [0.5, 0.6) is 0 Å². The highest BCUT2D eigenvalue weighted by atomic mass is 16.4. The van der Waals surface area contributed by atoms with Gasteiger partial charge in [-0.1, -0.05) is 37.6 Å². The number of nitrogens with zero attached hydrogens (tertiary/aromatic N) is 2. The summed E-state index contributed by atoms with van der Waals surface area (Å²) in [6.07, 6.45) is 1.36. The third-order valence-corrected chi connectivity index (χ3v) is 2.97. The van der Waals surface area contributed by atoms with Gasteiger partial charge < -0.3 is 10.4 Å². The molecule has 0 aliphatic rings. The fourth-order valence-electron chi connectivity index (χ4n) is 1.90.